The first-order valence-corrected chi connectivity index (χ1v) is 9.61. The second kappa shape index (κ2) is 10.5. The maximum atomic E-state index is 12.4. The zero-order valence-corrected chi connectivity index (χ0v) is 16.6. The van der Waals surface area contributed by atoms with Crippen molar-refractivity contribution in [1.29, 1.82) is 0 Å². The highest BCUT2D eigenvalue weighted by molar-refractivity contribution is 5.99. The third-order valence-electron chi connectivity index (χ3n) is 4.92. The Morgan fingerprint density at radius 1 is 0.875 bits per heavy atom. The van der Waals surface area contributed by atoms with Gasteiger partial charge in [-0.25, -0.2) is 4.98 Å². The van der Waals surface area contributed by atoms with Crippen LogP contribution in [0.15, 0.2) is 48.7 Å². The van der Waals surface area contributed by atoms with Gasteiger partial charge in [0.25, 0.3) is 11.6 Å². The summed E-state index contributed by atoms with van der Waals surface area (Å²) in [6, 6.07) is 13.4. The molecule has 1 heterocycles. The summed E-state index contributed by atoms with van der Waals surface area (Å²) in [5, 5.41) is 12.1. The van der Waals surface area contributed by atoms with Crippen molar-refractivity contribution in [2.24, 2.45) is 0 Å². The van der Waals surface area contributed by atoms with Crippen molar-refractivity contribution in [2.75, 3.05) is 5.32 Å². The van der Waals surface area contributed by atoms with Crippen LogP contribution in [0.25, 0.3) is 0 Å². The summed E-state index contributed by atoms with van der Waals surface area (Å²) in [5.41, 5.74) is 0.980. The molecule has 1 saturated carbocycles. The number of aromatic amines is 1. The van der Waals surface area contributed by atoms with Crippen LogP contribution < -0.4 is 15.4 Å². The quantitative estimate of drug-likeness (QED) is 0.555. The zero-order valence-electron chi connectivity index (χ0n) is 16.6. The number of H-pyrrole nitrogens is 1. The molecule has 0 bridgehead atoms. The van der Waals surface area contributed by atoms with Gasteiger partial charge in [-0.15, -0.1) is 0 Å². The van der Waals surface area contributed by atoms with Gasteiger partial charge in [-0.05, 0) is 43.2 Å². The second-order valence-electron chi connectivity index (χ2n) is 7.21. The highest BCUT2D eigenvalue weighted by Gasteiger charge is 2.39. The van der Waals surface area contributed by atoms with E-state index in [1.54, 1.807) is 0 Å². The second-order valence-corrected chi connectivity index (χ2v) is 7.21. The van der Waals surface area contributed by atoms with Crippen LogP contribution in [0.4, 0.5) is 32.2 Å². The number of carboxylic acid groups (broad SMARTS) is 1. The summed E-state index contributed by atoms with van der Waals surface area (Å²) >= 11 is 0. The van der Waals surface area contributed by atoms with E-state index in [4.69, 9.17) is 9.90 Å². The van der Waals surface area contributed by atoms with E-state index >= 15 is 0 Å². The molecule has 2 aromatic rings. The Balaban J connectivity index is 0.000000451. The van der Waals surface area contributed by atoms with E-state index in [-0.39, 0.29) is 11.6 Å². The van der Waals surface area contributed by atoms with Crippen LogP contribution in [0, 0.1) is 0 Å². The Hall–Kier alpha value is -3.11. The third-order valence-corrected chi connectivity index (χ3v) is 4.92. The van der Waals surface area contributed by atoms with Crippen molar-refractivity contribution in [2.45, 2.75) is 50.0 Å². The number of rotatable bonds is 4. The summed E-state index contributed by atoms with van der Waals surface area (Å²) in [7, 11) is 0. The van der Waals surface area contributed by atoms with Gasteiger partial charge in [0, 0.05) is 6.07 Å². The van der Waals surface area contributed by atoms with Gasteiger partial charge in [-0.3, -0.25) is 10.1 Å². The molecule has 11 heteroatoms. The molecule has 1 aliphatic rings. The maximum absolute atomic E-state index is 12.4. The number of carboxylic acids is 1. The largest absolute Gasteiger partial charge is 0.542 e. The molecular formula is C21H20F6N2O3. The number of ketones is 1. The first-order valence-electron chi connectivity index (χ1n) is 9.61. The summed E-state index contributed by atoms with van der Waals surface area (Å²) in [6.45, 7) is 0. The Kier molecular flexibility index (Phi) is 8.23. The molecule has 0 unspecified atom stereocenters. The van der Waals surface area contributed by atoms with Crippen LogP contribution in [0.1, 0.15) is 47.5 Å². The molecule has 0 amide bonds. The van der Waals surface area contributed by atoms with E-state index in [1.165, 1.54) is 17.7 Å². The molecule has 174 valence electrons. The standard InChI is InChI=1S/C19H19F3N2O.C2HF3O2/c20-19(21,22)18(25)15-8-11-17(23-12-15)24-16-9-6-14(7-10-16)13-4-2-1-3-5-13;3-2(4,5)1(6)7/h1-5,8,11-12,14,16H,6-7,9-10H2,(H,23,24);(H,6,7). The molecule has 1 aromatic heterocycles. The molecule has 1 aromatic carbocycles. The van der Waals surface area contributed by atoms with Crippen LogP contribution in [-0.2, 0) is 4.79 Å². The zero-order chi connectivity index (χ0) is 23.9. The topological polar surface area (TPSA) is 83.4 Å². The number of pyridine rings is 1. The van der Waals surface area contributed by atoms with Crippen LogP contribution >= 0.6 is 0 Å². The Morgan fingerprint density at radius 3 is 1.88 bits per heavy atom. The van der Waals surface area contributed by atoms with E-state index in [9.17, 15) is 31.1 Å². The minimum atomic E-state index is -5.19. The molecule has 1 fully saturated rings. The SMILES string of the molecule is O=C([O-])C(F)(F)F.O=C(c1ccc(NC2CCC(c3ccccc3)CC2)[nH+]c1)C(F)(F)F. The van der Waals surface area contributed by atoms with E-state index in [2.05, 4.69) is 34.6 Å². The smallest absolute Gasteiger partial charge is 0.455 e. The van der Waals surface area contributed by atoms with Gasteiger partial charge in [0.05, 0.1) is 17.8 Å². The normalized spacial score (nSPS) is 18.8. The van der Waals surface area contributed by atoms with Crippen LogP contribution in [0.5, 0.6) is 0 Å². The van der Waals surface area contributed by atoms with Crippen molar-refractivity contribution in [3.05, 3.63) is 59.8 Å². The average Bonchev–Trinajstić information content (AvgIpc) is 2.74. The highest BCUT2D eigenvalue weighted by atomic mass is 19.4. The molecule has 32 heavy (non-hydrogen) atoms. The summed E-state index contributed by atoms with van der Waals surface area (Å²) in [4.78, 5) is 22.7. The minimum Gasteiger partial charge on any atom is -0.542 e. The molecule has 0 spiro atoms. The lowest BCUT2D eigenvalue weighted by Gasteiger charge is -2.27. The number of Topliss-reactive ketones (excluding diaryl/α,β-unsaturated/α-hetero) is 1. The lowest BCUT2D eigenvalue weighted by molar-refractivity contribution is -0.361. The third kappa shape index (κ3) is 7.54. The van der Waals surface area contributed by atoms with Gasteiger partial charge in [-0.1, -0.05) is 30.3 Å². The lowest BCUT2D eigenvalue weighted by atomic mass is 9.82. The highest BCUT2D eigenvalue weighted by Crippen LogP contribution is 2.33. The molecule has 0 radical (unpaired) electrons. The fourth-order valence-electron chi connectivity index (χ4n) is 3.34. The Morgan fingerprint density at radius 2 is 1.44 bits per heavy atom. The monoisotopic (exact) mass is 462 g/mol. The van der Waals surface area contributed by atoms with Crippen LogP contribution in [0.3, 0.4) is 0 Å². The fourth-order valence-corrected chi connectivity index (χ4v) is 3.34. The predicted molar refractivity (Wildman–Crippen MR) is 99.5 cm³/mol. The van der Waals surface area contributed by atoms with Crippen LogP contribution in [-0.4, -0.2) is 30.1 Å². The Bertz CT molecular complexity index is 890. The number of carbonyl (C=O) groups is 2. The number of aliphatic carboxylic acids is 1. The number of aromatic nitrogens is 1. The number of anilines is 1. The van der Waals surface area contributed by atoms with Crippen molar-refractivity contribution in [3.63, 3.8) is 0 Å². The van der Waals surface area contributed by atoms with E-state index in [0.29, 0.717) is 11.7 Å². The van der Waals surface area contributed by atoms with Crippen molar-refractivity contribution in [1.82, 2.24) is 0 Å². The van der Waals surface area contributed by atoms with E-state index < -0.39 is 24.1 Å². The average molecular weight is 462 g/mol. The van der Waals surface area contributed by atoms with Crippen molar-refractivity contribution < 1.29 is 46.0 Å². The molecule has 0 aliphatic heterocycles. The number of alkyl halides is 6. The number of carbonyl (C=O) groups excluding carboxylic acids is 2. The number of halogens is 6. The first-order chi connectivity index (χ1) is 14.9. The van der Waals surface area contributed by atoms with Gasteiger partial charge in [0.2, 0.25) is 0 Å². The molecule has 1 aliphatic carbocycles. The molecular weight excluding hydrogens is 442 g/mol. The van der Waals surface area contributed by atoms with Gasteiger partial charge in [0.15, 0.2) is 0 Å². The van der Waals surface area contributed by atoms with Gasteiger partial charge >= 0.3 is 12.4 Å². The van der Waals surface area contributed by atoms with Crippen molar-refractivity contribution in [3.8, 4) is 0 Å². The lowest BCUT2D eigenvalue weighted by Crippen LogP contribution is -2.37. The molecule has 0 atom stereocenters. The van der Waals surface area contributed by atoms with E-state index in [1.807, 2.05) is 6.07 Å². The van der Waals surface area contributed by atoms with Crippen LogP contribution in [0.2, 0.25) is 0 Å². The van der Waals surface area contributed by atoms with Gasteiger partial charge in [0.1, 0.15) is 5.97 Å². The minimum absolute atomic E-state index is 0.278. The first kappa shape index (κ1) is 25.2. The Labute approximate surface area is 179 Å². The predicted octanol–water partition coefficient (Wildman–Crippen LogP) is 3.68. The number of benzene rings is 1. The summed E-state index contributed by atoms with van der Waals surface area (Å²) < 4.78 is 68.8. The molecule has 5 nitrogen and oxygen atoms in total. The summed E-state index contributed by atoms with van der Waals surface area (Å²) in [6.07, 6.45) is -4.79. The number of hydrogen-bond acceptors (Lipinski definition) is 4. The maximum Gasteiger partial charge on any atom is 0.455 e. The summed E-state index contributed by atoms with van der Waals surface area (Å²) in [5.74, 6) is -3.65. The number of hydrogen-bond donors (Lipinski definition) is 1. The fraction of sp³-hybridized carbons (Fsp3) is 0.381. The molecule has 0 saturated heterocycles. The van der Waals surface area contributed by atoms with Gasteiger partial charge in [-0.2, -0.15) is 26.3 Å². The van der Waals surface area contributed by atoms with E-state index in [0.717, 1.165) is 31.9 Å². The van der Waals surface area contributed by atoms with Crippen molar-refractivity contribution >= 4 is 17.6 Å². The molecule has 3 rings (SSSR count). The molecule has 2 N–H and O–H groups in total. The number of nitrogens with one attached hydrogen (secondary N) is 2. The van der Waals surface area contributed by atoms with Gasteiger partial charge < -0.3 is 9.90 Å².